The van der Waals surface area contributed by atoms with Crippen molar-refractivity contribution in [3.8, 4) is 5.75 Å². The molecule has 0 aliphatic heterocycles. The molecule has 1 amide bonds. The van der Waals surface area contributed by atoms with Crippen molar-refractivity contribution in [3.63, 3.8) is 0 Å². The first-order chi connectivity index (χ1) is 15.4. The molecule has 4 N–H and O–H groups in total. The zero-order chi connectivity index (χ0) is 22.7. The maximum absolute atomic E-state index is 12.9. The van der Waals surface area contributed by atoms with E-state index in [1.807, 2.05) is 38.1 Å². The highest BCUT2D eigenvalue weighted by Gasteiger charge is 2.18. The Bertz CT molecular complexity index is 1250. The van der Waals surface area contributed by atoms with E-state index in [0.29, 0.717) is 12.1 Å². The number of aromatic nitrogens is 1. The lowest BCUT2D eigenvalue weighted by Crippen LogP contribution is -2.37. The van der Waals surface area contributed by atoms with Gasteiger partial charge in [0.25, 0.3) is 0 Å². The molecule has 5 heteroatoms. The number of fused-ring (bicyclic) bond motifs is 1. The summed E-state index contributed by atoms with van der Waals surface area (Å²) in [5.74, 6) is -0.0332. The van der Waals surface area contributed by atoms with Crippen molar-refractivity contribution in [2.24, 2.45) is 5.73 Å². The summed E-state index contributed by atoms with van der Waals surface area (Å²) < 4.78 is 0. The normalized spacial score (nSPS) is 12.0. The van der Waals surface area contributed by atoms with Gasteiger partial charge in [-0.25, -0.2) is 0 Å². The molecular formula is C27H27N3O2. The molecule has 0 bridgehead atoms. The van der Waals surface area contributed by atoms with E-state index in [4.69, 9.17) is 5.73 Å². The molecule has 0 spiro atoms. The molecule has 0 radical (unpaired) electrons. The van der Waals surface area contributed by atoms with Crippen LogP contribution >= 0.6 is 0 Å². The van der Waals surface area contributed by atoms with Crippen molar-refractivity contribution in [1.82, 2.24) is 4.98 Å². The maximum Gasteiger partial charge on any atom is 0.241 e. The minimum absolute atomic E-state index is 0.219. The molecule has 1 aromatic heterocycles. The van der Waals surface area contributed by atoms with Crippen LogP contribution in [0.4, 0.5) is 5.69 Å². The molecule has 4 aromatic rings. The minimum Gasteiger partial charge on any atom is -0.508 e. The van der Waals surface area contributed by atoms with Crippen LogP contribution in [0.5, 0.6) is 5.75 Å². The average molecular weight is 426 g/mol. The summed E-state index contributed by atoms with van der Waals surface area (Å²) in [5.41, 5.74) is 13.0. The number of pyridine rings is 1. The number of carbonyl (C=O) groups excluding carboxylic acids is 1. The fourth-order valence-electron chi connectivity index (χ4n) is 4.07. The second-order valence-electron chi connectivity index (χ2n) is 8.23. The highest BCUT2D eigenvalue weighted by Crippen LogP contribution is 2.25. The van der Waals surface area contributed by atoms with Gasteiger partial charge >= 0.3 is 0 Å². The van der Waals surface area contributed by atoms with Gasteiger partial charge in [0.2, 0.25) is 5.91 Å². The Kier molecular flexibility index (Phi) is 6.19. The third-order valence-electron chi connectivity index (χ3n) is 5.76. The number of nitrogens with one attached hydrogen (secondary N) is 1. The van der Waals surface area contributed by atoms with Crippen LogP contribution in [0.3, 0.4) is 0 Å². The first-order valence-electron chi connectivity index (χ1n) is 10.7. The largest absolute Gasteiger partial charge is 0.508 e. The van der Waals surface area contributed by atoms with Crippen LogP contribution in [-0.2, 0) is 17.6 Å². The Hall–Kier alpha value is -3.70. The number of hydrogen-bond donors (Lipinski definition) is 3. The average Bonchev–Trinajstić information content (AvgIpc) is 2.77. The molecule has 0 fully saturated rings. The van der Waals surface area contributed by atoms with Crippen LogP contribution in [-0.4, -0.2) is 22.0 Å². The van der Waals surface area contributed by atoms with Crippen LogP contribution in [0.1, 0.15) is 27.8 Å². The summed E-state index contributed by atoms with van der Waals surface area (Å²) in [6.45, 7) is 3.83. The highest BCUT2D eigenvalue weighted by atomic mass is 16.3. The van der Waals surface area contributed by atoms with E-state index < -0.39 is 6.04 Å². The fraction of sp³-hybridized carbons (Fsp3) is 0.185. The summed E-state index contributed by atoms with van der Waals surface area (Å²) >= 11 is 0. The SMILES string of the molecule is Cc1cc(O)cc(C)c1CC(N)C(=O)Nc1ccnc2ccc(Cc3ccccc3)cc12. The van der Waals surface area contributed by atoms with Crippen molar-refractivity contribution in [3.05, 3.63) is 101 Å². The quantitative estimate of drug-likeness (QED) is 0.419. The predicted octanol–water partition coefficient (Wildman–Crippen LogP) is 4.66. The van der Waals surface area contributed by atoms with Gasteiger partial charge in [-0.2, -0.15) is 0 Å². The number of nitrogens with two attached hydrogens (primary N) is 1. The molecule has 5 nitrogen and oxygen atoms in total. The molecule has 1 atom stereocenters. The van der Waals surface area contributed by atoms with Crippen molar-refractivity contribution in [2.45, 2.75) is 32.7 Å². The van der Waals surface area contributed by atoms with Crippen LogP contribution < -0.4 is 11.1 Å². The van der Waals surface area contributed by atoms with E-state index in [2.05, 4.69) is 34.6 Å². The highest BCUT2D eigenvalue weighted by molar-refractivity contribution is 6.03. The van der Waals surface area contributed by atoms with Gasteiger partial charge in [-0.15, -0.1) is 0 Å². The first-order valence-corrected chi connectivity index (χ1v) is 10.7. The number of carbonyl (C=O) groups is 1. The van der Waals surface area contributed by atoms with Gasteiger partial charge in [0.05, 0.1) is 17.2 Å². The van der Waals surface area contributed by atoms with Gasteiger partial charge in [-0.3, -0.25) is 9.78 Å². The molecule has 1 heterocycles. The third kappa shape index (κ3) is 4.79. The number of aryl methyl sites for hydroxylation is 2. The van der Waals surface area contributed by atoms with E-state index in [0.717, 1.165) is 39.6 Å². The summed E-state index contributed by atoms with van der Waals surface area (Å²) in [6, 6.07) is 20.9. The molecule has 4 rings (SSSR count). The van der Waals surface area contributed by atoms with Crippen LogP contribution in [0.2, 0.25) is 0 Å². The van der Waals surface area contributed by atoms with E-state index in [9.17, 15) is 9.90 Å². The number of benzene rings is 3. The zero-order valence-corrected chi connectivity index (χ0v) is 18.3. The van der Waals surface area contributed by atoms with Gasteiger partial charge in [0, 0.05) is 11.6 Å². The smallest absolute Gasteiger partial charge is 0.241 e. The van der Waals surface area contributed by atoms with E-state index in [1.54, 1.807) is 24.4 Å². The summed E-state index contributed by atoms with van der Waals surface area (Å²) in [4.78, 5) is 17.4. The van der Waals surface area contributed by atoms with Gasteiger partial charge in [0.15, 0.2) is 0 Å². The van der Waals surface area contributed by atoms with Gasteiger partial charge in [-0.1, -0.05) is 36.4 Å². The maximum atomic E-state index is 12.9. The van der Waals surface area contributed by atoms with Crippen molar-refractivity contribution >= 4 is 22.5 Å². The van der Waals surface area contributed by atoms with Gasteiger partial charge in [0.1, 0.15) is 5.75 Å². The van der Waals surface area contributed by atoms with Crippen molar-refractivity contribution in [2.75, 3.05) is 5.32 Å². The van der Waals surface area contributed by atoms with Crippen LogP contribution in [0, 0.1) is 13.8 Å². The Labute approximate surface area is 187 Å². The topological polar surface area (TPSA) is 88.2 Å². The van der Waals surface area contributed by atoms with Gasteiger partial charge in [-0.05, 0) is 84.8 Å². The molecule has 32 heavy (non-hydrogen) atoms. The van der Waals surface area contributed by atoms with E-state index in [-0.39, 0.29) is 11.7 Å². The number of nitrogens with zero attached hydrogens (tertiary/aromatic N) is 1. The molecule has 0 saturated heterocycles. The monoisotopic (exact) mass is 425 g/mol. The molecule has 0 aliphatic carbocycles. The van der Waals surface area contributed by atoms with Crippen molar-refractivity contribution < 1.29 is 9.90 Å². The number of aromatic hydroxyl groups is 1. The Morgan fingerprint density at radius 1 is 1.00 bits per heavy atom. The lowest BCUT2D eigenvalue weighted by Gasteiger charge is -2.17. The molecule has 162 valence electrons. The molecule has 1 unspecified atom stereocenters. The number of amides is 1. The predicted molar refractivity (Wildman–Crippen MR) is 129 cm³/mol. The summed E-state index contributed by atoms with van der Waals surface area (Å²) in [7, 11) is 0. The van der Waals surface area contributed by atoms with E-state index >= 15 is 0 Å². The Morgan fingerprint density at radius 2 is 1.72 bits per heavy atom. The molecule has 3 aromatic carbocycles. The summed E-state index contributed by atoms with van der Waals surface area (Å²) in [6.07, 6.45) is 2.89. The number of anilines is 1. The van der Waals surface area contributed by atoms with Crippen LogP contribution in [0.15, 0.2) is 72.9 Å². The second kappa shape index (κ2) is 9.20. The Balaban J connectivity index is 1.55. The molecule has 0 aliphatic rings. The zero-order valence-electron chi connectivity index (χ0n) is 18.3. The fourth-order valence-corrected chi connectivity index (χ4v) is 4.07. The number of phenolic OH excluding ortho intramolecular Hbond substituents is 1. The number of hydrogen-bond acceptors (Lipinski definition) is 4. The van der Waals surface area contributed by atoms with Crippen molar-refractivity contribution in [1.29, 1.82) is 0 Å². The third-order valence-corrected chi connectivity index (χ3v) is 5.76. The molecule has 0 saturated carbocycles. The lowest BCUT2D eigenvalue weighted by molar-refractivity contribution is -0.117. The number of phenols is 1. The standard InChI is InChI=1S/C27H27N3O2/c1-17-12-21(31)13-18(2)22(17)16-24(28)27(32)30-26-10-11-29-25-9-8-20(15-23(25)26)14-19-6-4-3-5-7-19/h3-13,15,24,31H,14,16,28H2,1-2H3,(H,29,30,32). The minimum atomic E-state index is -0.715. The second-order valence-corrected chi connectivity index (χ2v) is 8.23. The first kappa shape index (κ1) is 21.5. The lowest BCUT2D eigenvalue weighted by atomic mass is 9.96. The molecular weight excluding hydrogens is 398 g/mol. The van der Waals surface area contributed by atoms with Gasteiger partial charge < -0.3 is 16.2 Å². The number of rotatable bonds is 6. The Morgan fingerprint density at radius 3 is 2.44 bits per heavy atom. The van der Waals surface area contributed by atoms with Crippen LogP contribution in [0.25, 0.3) is 10.9 Å². The summed E-state index contributed by atoms with van der Waals surface area (Å²) in [5, 5.41) is 13.6. The van der Waals surface area contributed by atoms with E-state index in [1.165, 1.54) is 5.56 Å².